The van der Waals surface area contributed by atoms with Gasteiger partial charge in [-0.3, -0.25) is 4.90 Å². The van der Waals surface area contributed by atoms with Gasteiger partial charge in [-0.2, -0.15) is 0 Å². The Morgan fingerprint density at radius 2 is 1.39 bits per heavy atom. The van der Waals surface area contributed by atoms with Crippen LogP contribution in [0.15, 0.2) is 24.3 Å². The summed E-state index contributed by atoms with van der Waals surface area (Å²) in [4.78, 5) is 16.8. The Balaban J connectivity index is 0.00000450. The molecule has 1 aromatic rings. The van der Waals surface area contributed by atoms with E-state index in [0.29, 0.717) is 0 Å². The van der Waals surface area contributed by atoms with Crippen LogP contribution < -0.4 is 10.6 Å². The molecule has 2 amide bonds. The normalized spacial score (nSPS) is 14.4. The first kappa shape index (κ1) is 30.3. The maximum atomic E-state index is 11.8. The van der Waals surface area contributed by atoms with Gasteiger partial charge in [0.2, 0.25) is 0 Å². The summed E-state index contributed by atoms with van der Waals surface area (Å²) in [6, 6.07) is 8.12. The van der Waals surface area contributed by atoms with E-state index in [4.69, 9.17) is 11.6 Å². The van der Waals surface area contributed by atoms with Gasteiger partial charge in [0.05, 0.1) is 0 Å². The third kappa shape index (κ3) is 14.1. The Morgan fingerprint density at radius 3 is 2.03 bits per heavy atom. The van der Waals surface area contributed by atoms with Gasteiger partial charge in [-0.05, 0) is 37.1 Å². The Labute approximate surface area is 206 Å². The highest BCUT2D eigenvalue weighted by Crippen LogP contribution is 2.13. The molecule has 31 heavy (non-hydrogen) atoms. The Kier molecular flexibility index (Phi) is 18.4. The molecule has 180 valence electrons. The van der Waals surface area contributed by atoms with Crippen molar-refractivity contribution in [2.45, 2.75) is 58.4 Å². The van der Waals surface area contributed by atoms with Gasteiger partial charge in [0, 0.05) is 50.8 Å². The quantitative estimate of drug-likeness (QED) is 0.363. The standard InChI is InChI=1S/C23H39ClN4O.2ClH/c1-2-3-4-5-6-7-13-25-23(29)26-14-8-15-27-16-18-28(19-17-27)20-21-9-11-22(24)12-10-21;;/h9-12H,2-8,13-20H2,1H3,(H2,25,26,29);2*1H. The van der Waals surface area contributed by atoms with Crippen molar-refractivity contribution in [3.8, 4) is 0 Å². The molecule has 2 N–H and O–H groups in total. The summed E-state index contributed by atoms with van der Waals surface area (Å²) < 4.78 is 0. The van der Waals surface area contributed by atoms with Crippen molar-refractivity contribution < 1.29 is 4.79 Å². The number of unbranched alkanes of at least 4 members (excludes halogenated alkanes) is 5. The number of amides is 2. The summed E-state index contributed by atoms with van der Waals surface area (Å²) in [6.07, 6.45) is 8.50. The molecule has 1 saturated heterocycles. The molecule has 1 aromatic carbocycles. The van der Waals surface area contributed by atoms with Crippen LogP contribution >= 0.6 is 36.4 Å². The van der Waals surface area contributed by atoms with E-state index in [1.54, 1.807) is 0 Å². The maximum Gasteiger partial charge on any atom is 0.314 e. The van der Waals surface area contributed by atoms with Gasteiger partial charge in [0.25, 0.3) is 0 Å². The second-order valence-electron chi connectivity index (χ2n) is 8.05. The smallest absolute Gasteiger partial charge is 0.314 e. The van der Waals surface area contributed by atoms with Crippen molar-refractivity contribution in [1.29, 1.82) is 0 Å². The van der Waals surface area contributed by atoms with E-state index in [9.17, 15) is 4.79 Å². The van der Waals surface area contributed by atoms with E-state index < -0.39 is 0 Å². The number of halogens is 3. The lowest BCUT2D eigenvalue weighted by atomic mass is 10.1. The molecule has 8 heteroatoms. The number of benzene rings is 1. The van der Waals surface area contributed by atoms with Gasteiger partial charge >= 0.3 is 6.03 Å². The monoisotopic (exact) mass is 494 g/mol. The Morgan fingerprint density at radius 1 is 0.839 bits per heavy atom. The zero-order chi connectivity index (χ0) is 20.7. The fourth-order valence-corrected chi connectivity index (χ4v) is 3.82. The SMILES string of the molecule is CCCCCCCCNC(=O)NCCCN1CCN(Cc2ccc(Cl)cc2)CC1.Cl.Cl. The first-order chi connectivity index (χ1) is 14.2. The molecule has 0 aromatic heterocycles. The lowest BCUT2D eigenvalue weighted by molar-refractivity contribution is 0.126. The molecule has 0 atom stereocenters. The zero-order valence-electron chi connectivity index (χ0n) is 18.9. The molecule has 0 saturated carbocycles. The number of hydrogen-bond donors (Lipinski definition) is 2. The minimum atomic E-state index is -0.0219. The number of nitrogens with zero attached hydrogens (tertiary/aromatic N) is 2. The van der Waals surface area contributed by atoms with Crippen LogP contribution in [-0.4, -0.2) is 61.6 Å². The fourth-order valence-electron chi connectivity index (χ4n) is 3.69. The van der Waals surface area contributed by atoms with Crippen LogP contribution in [0.3, 0.4) is 0 Å². The van der Waals surface area contributed by atoms with Crippen LogP contribution in [0.2, 0.25) is 5.02 Å². The van der Waals surface area contributed by atoms with E-state index in [0.717, 1.165) is 70.2 Å². The van der Waals surface area contributed by atoms with Crippen molar-refractivity contribution in [2.75, 3.05) is 45.8 Å². The van der Waals surface area contributed by atoms with Crippen molar-refractivity contribution in [3.05, 3.63) is 34.9 Å². The van der Waals surface area contributed by atoms with Crippen LogP contribution in [0.1, 0.15) is 57.4 Å². The van der Waals surface area contributed by atoms with Crippen molar-refractivity contribution in [3.63, 3.8) is 0 Å². The molecule has 2 rings (SSSR count). The minimum absolute atomic E-state index is 0. The van der Waals surface area contributed by atoms with Gasteiger partial charge in [-0.1, -0.05) is 62.8 Å². The Hall–Kier alpha value is -0.720. The third-order valence-electron chi connectivity index (χ3n) is 5.54. The summed E-state index contributed by atoms with van der Waals surface area (Å²) in [7, 11) is 0. The number of piperazine rings is 1. The maximum absolute atomic E-state index is 11.8. The van der Waals surface area contributed by atoms with Crippen molar-refractivity contribution in [2.24, 2.45) is 0 Å². The summed E-state index contributed by atoms with van der Waals surface area (Å²) in [6.45, 7) is 10.2. The molecule has 5 nitrogen and oxygen atoms in total. The molecule has 0 aliphatic carbocycles. The second kappa shape index (κ2) is 18.8. The average Bonchev–Trinajstić information content (AvgIpc) is 2.73. The van der Waals surface area contributed by atoms with E-state index in [1.165, 1.54) is 37.7 Å². The van der Waals surface area contributed by atoms with Gasteiger partial charge < -0.3 is 15.5 Å². The van der Waals surface area contributed by atoms with Crippen LogP contribution in [-0.2, 0) is 6.54 Å². The van der Waals surface area contributed by atoms with Gasteiger partial charge in [-0.25, -0.2) is 4.79 Å². The summed E-state index contributed by atoms with van der Waals surface area (Å²) in [5.41, 5.74) is 1.32. The molecule has 0 bridgehead atoms. The largest absolute Gasteiger partial charge is 0.338 e. The molecule has 0 radical (unpaired) electrons. The topological polar surface area (TPSA) is 47.6 Å². The van der Waals surface area contributed by atoms with E-state index in [1.807, 2.05) is 12.1 Å². The molecular formula is C23H41Cl3N4O. The first-order valence-corrected chi connectivity index (χ1v) is 11.8. The predicted octanol–water partition coefficient (Wildman–Crippen LogP) is 5.35. The molecule has 1 fully saturated rings. The lowest BCUT2D eigenvalue weighted by Crippen LogP contribution is -2.46. The second-order valence-corrected chi connectivity index (χ2v) is 8.48. The number of nitrogens with one attached hydrogen (secondary N) is 2. The Bertz CT molecular complexity index is 566. The number of rotatable bonds is 13. The van der Waals surface area contributed by atoms with Gasteiger partial charge in [0.15, 0.2) is 0 Å². The van der Waals surface area contributed by atoms with Gasteiger partial charge in [-0.15, -0.1) is 24.8 Å². The van der Waals surface area contributed by atoms with Crippen LogP contribution in [0.4, 0.5) is 4.79 Å². The highest BCUT2D eigenvalue weighted by molar-refractivity contribution is 6.30. The molecule has 0 spiro atoms. The number of hydrogen-bond acceptors (Lipinski definition) is 3. The van der Waals surface area contributed by atoms with Crippen LogP contribution in [0.5, 0.6) is 0 Å². The first-order valence-electron chi connectivity index (χ1n) is 11.4. The van der Waals surface area contributed by atoms with Crippen molar-refractivity contribution in [1.82, 2.24) is 20.4 Å². The van der Waals surface area contributed by atoms with Gasteiger partial charge in [0.1, 0.15) is 0 Å². The highest BCUT2D eigenvalue weighted by atomic mass is 35.5. The van der Waals surface area contributed by atoms with Crippen LogP contribution in [0.25, 0.3) is 0 Å². The zero-order valence-corrected chi connectivity index (χ0v) is 21.3. The average molecular weight is 496 g/mol. The molecule has 0 unspecified atom stereocenters. The lowest BCUT2D eigenvalue weighted by Gasteiger charge is -2.34. The van der Waals surface area contributed by atoms with E-state index in [2.05, 4.69) is 39.5 Å². The minimum Gasteiger partial charge on any atom is -0.338 e. The summed E-state index contributed by atoms with van der Waals surface area (Å²) in [5.74, 6) is 0. The number of carbonyl (C=O) groups excluding carboxylic acids is 1. The summed E-state index contributed by atoms with van der Waals surface area (Å²) in [5, 5.41) is 6.74. The van der Waals surface area contributed by atoms with Crippen LogP contribution in [0, 0.1) is 0 Å². The third-order valence-corrected chi connectivity index (χ3v) is 5.79. The summed E-state index contributed by atoms with van der Waals surface area (Å²) >= 11 is 5.96. The molecule has 1 heterocycles. The molecule has 1 aliphatic rings. The molecule has 1 aliphatic heterocycles. The number of urea groups is 1. The van der Waals surface area contributed by atoms with Crippen molar-refractivity contribution >= 4 is 42.4 Å². The van der Waals surface area contributed by atoms with E-state index in [-0.39, 0.29) is 30.8 Å². The number of carbonyl (C=O) groups is 1. The fraction of sp³-hybridized carbons (Fsp3) is 0.696. The highest BCUT2D eigenvalue weighted by Gasteiger charge is 2.16. The van der Waals surface area contributed by atoms with E-state index >= 15 is 0 Å². The molecular weight excluding hydrogens is 455 g/mol. The predicted molar refractivity (Wildman–Crippen MR) is 137 cm³/mol.